The standard InChI is InChI=1S/C23H25ClN2O6S/c24-19-11-10-18(15-20(19)33(30,31)26-12-6-1-2-7-13-26)23(29)32-16-22(28)25-21(27)14-17-8-4-3-5-9-17/h3-5,8-11,15H,1-2,6-7,12-14,16H2,(H,25,27,28). The summed E-state index contributed by atoms with van der Waals surface area (Å²) in [7, 11) is -3.88. The molecule has 1 aliphatic heterocycles. The van der Waals surface area contributed by atoms with Crippen molar-refractivity contribution in [2.75, 3.05) is 19.7 Å². The largest absolute Gasteiger partial charge is 0.452 e. The van der Waals surface area contributed by atoms with Crippen LogP contribution in [0.1, 0.15) is 41.6 Å². The molecule has 8 nitrogen and oxygen atoms in total. The van der Waals surface area contributed by atoms with Gasteiger partial charge in [0.25, 0.3) is 5.91 Å². The summed E-state index contributed by atoms with van der Waals surface area (Å²) in [5.41, 5.74) is 0.676. The van der Waals surface area contributed by atoms with Crippen molar-refractivity contribution in [2.24, 2.45) is 0 Å². The fourth-order valence-electron chi connectivity index (χ4n) is 3.48. The van der Waals surface area contributed by atoms with Gasteiger partial charge < -0.3 is 4.74 Å². The Bertz CT molecular complexity index is 1110. The molecule has 0 atom stereocenters. The lowest BCUT2D eigenvalue weighted by atomic mass is 10.1. The third-order valence-corrected chi connectivity index (χ3v) is 7.55. The number of sulfonamides is 1. The highest BCUT2D eigenvalue weighted by molar-refractivity contribution is 7.89. The zero-order valence-corrected chi connectivity index (χ0v) is 19.5. The molecule has 1 aliphatic rings. The van der Waals surface area contributed by atoms with Crippen LogP contribution in [0.2, 0.25) is 5.02 Å². The highest BCUT2D eigenvalue weighted by atomic mass is 35.5. The van der Waals surface area contributed by atoms with E-state index in [9.17, 15) is 22.8 Å². The van der Waals surface area contributed by atoms with Gasteiger partial charge >= 0.3 is 5.97 Å². The molecule has 3 rings (SSSR count). The van der Waals surface area contributed by atoms with Crippen LogP contribution in [-0.2, 0) is 30.8 Å². The average Bonchev–Trinajstić information content (AvgIpc) is 3.08. The van der Waals surface area contributed by atoms with Crippen LogP contribution < -0.4 is 5.32 Å². The van der Waals surface area contributed by atoms with Crippen molar-refractivity contribution < 1.29 is 27.5 Å². The molecule has 0 aliphatic carbocycles. The Balaban J connectivity index is 1.61. The minimum absolute atomic E-state index is 0.0000451. The number of halogens is 1. The molecule has 0 radical (unpaired) electrons. The van der Waals surface area contributed by atoms with Crippen molar-refractivity contribution in [1.29, 1.82) is 0 Å². The molecule has 33 heavy (non-hydrogen) atoms. The highest BCUT2D eigenvalue weighted by Gasteiger charge is 2.28. The molecule has 1 N–H and O–H groups in total. The molecule has 2 amide bonds. The summed E-state index contributed by atoms with van der Waals surface area (Å²) in [6, 6.07) is 12.7. The summed E-state index contributed by atoms with van der Waals surface area (Å²) in [6.07, 6.45) is 3.45. The lowest BCUT2D eigenvalue weighted by Crippen LogP contribution is -2.35. The van der Waals surface area contributed by atoms with Gasteiger partial charge in [-0.2, -0.15) is 4.31 Å². The van der Waals surface area contributed by atoms with Crippen molar-refractivity contribution in [2.45, 2.75) is 37.0 Å². The second-order valence-corrected chi connectivity index (χ2v) is 9.99. The van der Waals surface area contributed by atoms with Crippen molar-refractivity contribution in [3.63, 3.8) is 0 Å². The number of hydrogen-bond acceptors (Lipinski definition) is 6. The summed E-state index contributed by atoms with van der Waals surface area (Å²) in [6.45, 7) is 0.102. The Labute approximate surface area is 197 Å². The molecule has 0 unspecified atom stereocenters. The monoisotopic (exact) mass is 492 g/mol. The van der Waals surface area contributed by atoms with Crippen molar-refractivity contribution >= 4 is 39.4 Å². The first-order valence-corrected chi connectivity index (χ1v) is 12.4. The predicted molar refractivity (Wildman–Crippen MR) is 122 cm³/mol. The topological polar surface area (TPSA) is 110 Å². The minimum atomic E-state index is -3.88. The number of benzene rings is 2. The molecule has 0 saturated carbocycles. The van der Waals surface area contributed by atoms with E-state index in [0.717, 1.165) is 37.3 Å². The maximum absolute atomic E-state index is 13.1. The van der Waals surface area contributed by atoms with Gasteiger partial charge in [0.15, 0.2) is 6.61 Å². The normalized spacial score (nSPS) is 14.8. The van der Waals surface area contributed by atoms with Crippen LogP contribution in [0, 0.1) is 0 Å². The molecule has 10 heteroatoms. The molecule has 2 aromatic carbocycles. The van der Waals surface area contributed by atoms with Crippen molar-refractivity contribution in [3.05, 3.63) is 64.7 Å². The summed E-state index contributed by atoms with van der Waals surface area (Å²) in [4.78, 5) is 36.1. The van der Waals surface area contributed by atoms with Crippen molar-refractivity contribution in [1.82, 2.24) is 9.62 Å². The van der Waals surface area contributed by atoms with Gasteiger partial charge in [0.1, 0.15) is 4.90 Å². The van der Waals surface area contributed by atoms with Gasteiger partial charge in [-0.25, -0.2) is 13.2 Å². The number of nitrogens with zero attached hydrogens (tertiary/aromatic N) is 1. The van der Waals surface area contributed by atoms with Gasteiger partial charge in [-0.15, -0.1) is 0 Å². The summed E-state index contributed by atoms with van der Waals surface area (Å²) in [5.74, 6) is -2.21. The first kappa shape index (κ1) is 24.9. The van der Waals surface area contributed by atoms with E-state index in [1.54, 1.807) is 24.3 Å². The van der Waals surface area contributed by atoms with E-state index in [1.165, 1.54) is 16.4 Å². The van der Waals surface area contributed by atoms with Gasteiger partial charge in [-0.3, -0.25) is 14.9 Å². The maximum atomic E-state index is 13.1. The zero-order valence-electron chi connectivity index (χ0n) is 18.0. The Morgan fingerprint density at radius 3 is 2.27 bits per heavy atom. The smallest absolute Gasteiger partial charge is 0.338 e. The molecule has 176 valence electrons. The van der Waals surface area contributed by atoms with Gasteiger partial charge in [-0.1, -0.05) is 54.8 Å². The second-order valence-electron chi connectivity index (χ2n) is 7.67. The molecular weight excluding hydrogens is 468 g/mol. The van der Waals surface area contributed by atoms with E-state index < -0.39 is 34.4 Å². The molecule has 0 spiro atoms. The van der Waals surface area contributed by atoms with Crippen molar-refractivity contribution in [3.8, 4) is 0 Å². The van der Waals surface area contributed by atoms with Crippen LogP contribution in [0.3, 0.4) is 0 Å². The number of carbonyl (C=O) groups is 3. The number of amides is 2. The summed E-state index contributed by atoms with van der Waals surface area (Å²) in [5, 5.41) is 2.15. The fraction of sp³-hybridized carbons (Fsp3) is 0.348. The lowest BCUT2D eigenvalue weighted by molar-refractivity contribution is -0.132. The molecule has 2 aromatic rings. The molecule has 0 aromatic heterocycles. The average molecular weight is 493 g/mol. The van der Waals surface area contributed by atoms with Crippen LogP contribution in [0.15, 0.2) is 53.4 Å². The number of carbonyl (C=O) groups excluding carboxylic acids is 3. The van der Waals surface area contributed by atoms with E-state index in [2.05, 4.69) is 5.32 Å². The second kappa shape index (κ2) is 11.4. The van der Waals surface area contributed by atoms with E-state index in [1.807, 2.05) is 6.07 Å². The van der Waals surface area contributed by atoms with Crippen LogP contribution in [-0.4, -0.2) is 50.2 Å². The summed E-state index contributed by atoms with van der Waals surface area (Å²) < 4.78 is 32.5. The molecule has 0 bridgehead atoms. The Morgan fingerprint density at radius 1 is 0.939 bits per heavy atom. The number of ether oxygens (including phenoxy) is 1. The predicted octanol–water partition coefficient (Wildman–Crippen LogP) is 2.95. The van der Waals surface area contributed by atoms with Gasteiger partial charge in [-0.05, 0) is 36.6 Å². The van der Waals surface area contributed by atoms with Crippen LogP contribution in [0.25, 0.3) is 0 Å². The van der Waals surface area contributed by atoms with E-state index in [0.29, 0.717) is 13.1 Å². The number of esters is 1. The van der Waals surface area contributed by atoms with Gasteiger partial charge in [0.05, 0.1) is 17.0 Å². The van der Waals surface area contributed by atoms with Crippen LogP contribution >= 0.6 is 11.6 Å². The number of nitrogens with one attached hydrogen (secondary N) is 1. The SMILES string of the molecule is O=C(COC(=O)c1ccc(Cl)c(S(=O)(=O)N2CCCCCC2)c1)NC(=O)Cc1ccccc1. The number of rotatable bonds is 7. The Morgan fingerprint density at radius 2 is 1.61 bits per heavy atom. The number of hydrogen-bond donors (Lipinski definition) is 1. The quantitative estimate of drug-likeness (QED) is 0.595. The molecule has 1 heterocycles. The first-order valence-electron chi connectivity index (χ1n) is 10.6. The van der Waals surface area contributed by atoms with Crippen LogP contribution in [0.5, 0.6) is 0 Å². The fourth-order valence-corrected chi connectivity index (χ4v) is 5.50. The molecular formula is C23H25ClN2O6S. The van der Waals surface area contributed by atoms with E-state index in [4.69, 9.17) is 16.3 Å². The maximum Gasteiger partial charge on any atom is 0.338 e. The summed E-state index contributed by atoms with van der Waals surface area (Å²) >= 11 is 6.14. The zero-order chi connectivity index (χ0) is 23.8. The molecule has 1 saturated heterocycles. The highest BCUT2D eigenvalue weighted by Crippen LogP contribution is 2.28. The first-order chi connectivity index (χ1) is 15.8. The number of imide groups is 1. The van der Waals surface area contributed by atoms with Gasteiger partial charge in [0.2, 0.25) is 15.9 Å². The minimum Gasteiger partial charge on any atom is -0.452 e. The lowest BCUT2D eigenvalue weighted by Gasteiger charge is -2.21. The van der Waals surface area contributed by atoms with E-state index in [-0.39, 0.29) is 21.9 Å². The van der Waals surface area contributed by atoms with Gasteiger partial charge in [0, 0.05) is 13.1 Å². The third-order valence-electron chi connectivity index (χ3n) is 5.17. The Hall–Kier alpha value is -2.75. The third kappa shape index (κ3) is 6.86. The Kier molecular flexibility index (Phi) is 8.60. The van der Waals surface area contributed by atoms with Crippen LogP contribution in [0.4, 0.5) is 0 Å². The van der Waals surface area contributed by atoms with E-state index >= 15 is 0 Å². The molecule has 1 fully saturated rings.